The minimum Gasteiger partial charge on any atom is -0.398 e. The monoisotopic (exact) mass is 469 g/mol. The standard InChI is InChI=1S/C28H31N5O2/c1-16(2)21-13-19(20-10-6-7-11-23(20)29)14-22(17(3)4)25(21)31-28(35)33(5)24-15-18-9-8-12-30-26(18)32-27(24)34/h6-17H,29H2,1-5H3,(H,31,35)(H,30,32,34). The highest BCUT2D eigenvalue weighted by Crippen LogP contribution is 2.38. The van der Waals surface area contributed by atoms with Crippen LogP contribution in [0.5, 0.6) is 0 Å². The summed E-state index contributed by atoms with van der Waals surface area (Å²) >= 11 is 0. The zero-order valence-electron chi connectivity index (χ0n) is 20.7. The fourth-order valence-electron chi connectivity index (χ4n) is 4.23. The third-order valence-corrected chi connectivity index (χ3v) is 6.21. The maximum Gasteiger partial charge on any atom is 0.326 e. The van der Waals surface area contributed by atoms with Crippen LogP contribution in [0.15, 0.2) is 65.6 Å². The Morgan fingerprint density at radius 3 is 2.29 bits per heavy atom. The van der Waals surface area contributed by atoms with Crippen LogP contribution >= 0.6 is 0 Å². The summed E-state index contributed by atoms with van der Waals surface area (Å²) in [6.07, 6.45) is 1.61. The van der Waals surface area contributed by atoms with Gasteiger partial charge in [0.15, 0.2) is 0 Å². The molecule has 7 heteroatoms. The molecule has 4 N–H and O–H groups in total. The highest BCUT2D eigenvalue weighted by atomic mass is 16.2. The minimum absolute atomic E-state index is 0.146. The van der Waals surface area contributed by atoms with Gasteiger partial charge < -0.3 is 16.0 Å². The van der Waals surface area contributed by atoms with Crippen LogP contribution in [-0.2, 0) is 0 Å². The number of carbonyl (C=O) groups excluding carboxylic acids is 1. The van der Waals surface area contributed by atoms with E-state index < -0.39 is 6.03 Å². The minimum atomic E-state index is -0.394. The van der Waals surface area contributed by atoms with E-state index in [9.17, 15) is 9.59 Å². The molecule has 4 aromatic rings. The molecule has 4 rings (SSSR count). The summed E-state index contributed by atoms with van der Waals surface area (Å²) in [4.78, 5) is 34.3. The predicted octanol–water partition coefficient (Wildman–Crippen LogP) is 6.09. The lowest BCUT2D eigenvalue weighted by molar-refractivity contribution is 0.258. The van der Waals surface area contributed by atoms with Gasteiger partial charge in [0.2, 0.25) is 0 Å². The number of H-pyrrole nitrogens is 1. The first-order valence-corrected chi connectivity index (χ1v) is 11.7. The summed E-state index contributed by atoms with van der Waals surface area (Å²) in [6, 6.07) is 16.9. The molecule has 0 saturated heterocycles. The number of anilines is 3. The van der Waals surface area contributed by atoms with E-state index in [0.29, 0.717) is 11.3 Å². The summed E-state index contributed by atoms with van der Waals surface area (Å²) in [5, 5.41) is 3.84. The number of nitrogens with one attached hydrogen (secondary N) is 2. The highest BCUT2D eigenvalue weighted by Gasteiger charge is 2.22. The number of nitrogen functional groups attached to an aromatic ring is 1. The molecule has 0 fully saturated rings. The van der Waals surface area contributed by atoms with Gasteiger partial charge in [0.1, 0.15) is 11.3 Å². The second-order valence-electron chi connectivity index (χ2n) is 9.34. The van der Waals surface area contributed by atoms with Crippen molar-refractivity contribution in [3.05, 3.63) is 82.3 Å². The molecule has 0 spiro atoms. The lowest BCUT2D eigenvalue weighted by Crippen LogP contribution is -2.35. The average Bonchev–Trinajstić information content (AvgIpc) is 2.83. The molecular weight excluding hydrogens is 438 g/mol. The summed E-state index contributed by atoms with van der Waals surface area (Å²) in [5.74, 6) is 0.293. The SMILES string of the molecule is CC(C)c1cc(-c2ccccc2N)cc(C(C)C)c1NC(=O)N(C)c1cc2cccnc2[nH]c1=O. The van der Waals surface area contributed by atoms with Crippen molar-refractivity contribution in [1.29, 1.82) is 0 Å². The molecule has 180 valence electrons. The van der Waals surface area contributed by atoms with E-state index in [2.05, 4.69) is 55.1 Å². The predicted molar refractivity (Wildman–Crippen MR) is 144 cm³/mol. The molecule has 2 aromatic carbocycles. The van der Waals surface area contributed by atoms with Crippen molar-refractivity contribution in [2.24, 2.45) is 0 Å². The van der Waals surface area contributed by atoms with Crippen LogP contribution in [0.2, 0.25) is 0 Å². The molecule has 0 radical (unpaired) electrons. The van der Waals surface area contributed by atoms with Crippen molar-refractivity contribution < 1.29 is 4.79 Å². The van der Waals surface area contributed by atoms with E-state index >= 15 is 0 Å². The highest BCUT2D eigenvalue weighted by molar-refractivity contribution is 6.03. The lowest BCUT2D eigenvalue weighted by Gasteiger charge is -2.25. The van der Waals surface area contributed by atoms with Gasteiger partial charge in [0, 0.05) is 35.6 Å². The lowest BCUT2D eigenvalue weighted by atomic mass is 9.88. The number of fused-ring (bicyclic) bond motifs is 1. The van der Waals surface area contributed by atoms with E-state index in [1.165, 1.54) is 4.90 Å². The molecule has 0 aliphatic rings. The van der Waals surface area contributed by atoms with Gasteiger partial charge in [-0.25, -0.2) is 9.78 Å². The molecule has 2 amide bonds. The number of benzene rings is 2. The second-order valence-corrected chi connectivity index (χ2v) is 9.34. The summed E-state index contributed by atoms with van der Waals surface area (Å²) in [5.41, 5.74) is 12.1. The van der Waals surface area contributed by atoms with E-state index in [1.54, 1.807) is 25.4 Å². The number of nitrogens with zero attached hydrogens (tertiary/aromatic N) is 2. The Morgan fingerprint density at radius 1 is 1.00 bits per heavy atom. The number of para-hydroxylation sites is 1. The van der Waals surface area contributed by atoms with Crippen LogP contribution in [0, 0.1) is 0 Å². The topological polar surface area (TPSA) is 104 Å². The molecule has 2 aromatic heterocycles. The zero-order valence-corrected chi connectivity index (χ0v) is 20.7. The van der Waals surface area contributed by atoms with Crippen molar-refractivity contribution in [3.8, 4) is 11.1 Å². The summed E-state index contributed by atoms with van der Waals surface area (Å²) in [6.45, 7) is 8.38. The largest absolute Gasteiger partial charge is 0.398 e. The Labute approximate surface area is 205 Å². The Kier molecular flexibility index (Phi) is 6.60. The molecule has 0 aliphatic heterocycles. The van der Waals surface area contributed by atoms with Crippen LogP contribution in [0.25, 0.3) is 22.2 Å². The van der Waals surface area contributed by atoms with Gasteiger partial charge in [-0.3, -0.25) is 9.69 Å². The molecule has 7 nitrogen and oxygen atoms in total. The Bertz CT molecular complexity index is 1430. The third kappa shape index (κ3) is 4.75. The van der Waals surface area contributed by atoms with Gasteiger partial charge >= 0.3 is 6.03 Å². The smallest absolute Gasteiger partial charge is 0.326 e. The van der Waals surface area contributed by atoms with Gasteiger partial charge in [-0.05, 0) is 64.9 Å². The number of aromatic amines is 1. The van der Waals surface area contributed by atoms with Crippen molar-refractivity contribution >= 4 is 34.1 Å². The average molecular weight is 470 g/mol. The second kappa shape index (κ2) is 9.62. The van der Waals surface area contributed by atoms with Crippen molar-refractivity contribution in [1.82, 2.24) is 9.97 Å². The number of urea groups is 1. The molecule has 0 bridgehead atoms. The Hall–Kier alpha value is -4.13. The van der Waals surface area contributed by atoms with Gasteiger partial charge in [-0.15, -0.1) is 0 Å². The van der Waals surface area contributed by atoms with Crippen LogP contribution in [0.1, 0.15) is 50.7 Å². The Balaban J connectivity index is 1.76. The van der Waals surface area contributed by atoms with Crippen molar-refractivity contribution in [2.45, 2.75) is 39.5 Å². The van der Waals surface area contributed by atoms with Gasteiger partial charge in [-0.1, -0.05) is 45.9 Å². The fraction of sp³-hybridized carbons (Fsp3) is 0.250. The zero-order chi connectivity index (χ0) is 25.3. The molecule has 35 heavy (non-hydrogen) atoms. The fourth-order valence-corrected chi connectivity index (χ4v) is 4.23. The first-order valence-electron chi connectivity index (χ1n) is 11.7. The van der Waals surface area contributed by atoms with Crippen molar-refractivity contribution in [2.75, 3.05) is 23.0 Å². The first kappa shape index (κ1) is 24.0. The Morgan fingerprint density at radius 2 is 1.66 bits per heavy atom. The molecule has 0 atom stereocenters. The number of rotatable bonds is 5. The maximum atomic E-state index is 13.4. The van der Waals surface area contributed by atoms with Crippen molar-refractivity contribution in [3.63, 3.8) is 0 Å². The summed E-state index contributed by atoms with van der Waals surface area (Å²) in [7, 11) is 1.59. The number of carbonyl (C=O) groups is 1. The maximum absolute atomic E-state index is 13.4. The number of amides is 2. The van der Waals surface area contributed by atoms with Crippen LogP contribution < -0.4 is 21.5 Å². The summed E-state index contributed by atoms with van der Waals surface area (Å²) < 4.78 is 0. The molecule has 0 saturated carbocycles. The normalized spacial score (nSPS) is 11.3. The third-order valence-electron chi connectivity index (χ3n) is 6.21. The van der Waals surface area contributed by atoms with Crippen LogP contribution in [0.3, 0.4) is 0 Å². The molecule has 0 unspecified atom stereocenters. The quantitative estimate of drug-likeness (QED) is 0.308. The number of nitrogens with two attached hydrogens (primary N) is 1. The van der Waals surface area contributed by atoms with E-state index in [4.69, 9.17) is 5.73 Å². The molecular formula is C28H31N5O2. The first-order chi connectivity index (χ1) is 16.7. The van der Waals surface area contributed by atoms with E-state index in [1.807, 2.05) is 30.3 Å². The molecule has 2 heterocycles. The van der Waals surface area contributed by atoms with E-state index in [0.717, 1.165) is 33.3 Å². The van der Waals surface area contributed by atoms with Gasteiger partial charge in [0.05, 0.1) is 0 Å². The number of hydrogen-bond donors (Lipinski definition) is 3. The van der Waals surface area contributed by atoms with Gasteiger partial charge in [0.25, 0.3) is 5.56 Å². The van der Waals surface area contributed by atoms with E-state index in [-0.39, 0.29) is 23.1 Å². The molecule has 0 aliphatic carbocycles. The number of pyridine rings is 2. The number of hydrogen-bond acceptors (Lipinski definition) is 4. The number of aromatic nitrogens is 2. The van der Waals surface area contributed by atoms with Crippen LogP contribution in [-0.4, -0.2) is 23.0 Å². The van der Waals surface area contributed by atoms with Crippen LogP contribution in [0.4, 0.5) is 21.9 Å². The van der Waals surface area contributed by atoms with Gasteiger partial charge in [-0.2, -0.15) is 0 Å².